The standard InChI is InChI=1S/C25H27F3N2O5/c1-16-3-5-18(6-4-16)22(31)9-10-23(32)35-17(2)24(33)29-20-15-19(25(26,27)28)7-8-21(20)30-11-13-34-14-12-30/h3-8,15,17H,9-14H2,1-2H3,(H,29,33). The van der Waals surface area contributed by atoms with Crippen molar-refractivity contribution in [2.24, 2.45) is 0 Å². The summed E-state index contributed by atoms with van der Waals surface area (Å²) < 4.78 is 50.2. The van der Waals surface area contributed by atoms with Crippen LogP contribution in [0.15, 0.2) is 42.5 Å². The molecule has 0 radical (unpaired) electrons. The number of benzene rings is 2. The van der Waals surface area contributed by atoms with Crippen molar-refractivity contribution in [3.8, 4) is 0 Å². The van der Waals surface area contributed by atoms with E-state index in [4.69, 9.17) is 9.47 Å². The van der Waals surface area contributed by atoms with Crippen LogP contribution in [0.5, 0.6) is 0 Å². The molecule has 10 heteroatoms. The van der Waals surface area contributed by atoms with E-state index in [0.717, 1.165) is 17.7 Å². The second kappa shape index (κ2) is 11.4. The molecule has 1 unspecified atom stereocenters. The van der Waals surface area contributed by atoms with Gasteiger partial charge in [-0.25, -0.2) is 0 Å². The van der Waals surface area contributed by atoms with Crippen LogP contribution in [0.25, 0.3) is 0 Å². The maximum Gasteiger partial charge on any atom is 0.416 e. The Balaban J connectivity index is 1.62. The molecule has 0 bridgehead atoms. The summed E-state index contributed by atoms with van der Waals surface area (Å²) in [6, 6.07) is 10.0. The summed E-state index contributed by atoms with van der Waals surface area (Å²) in [4.78, 5) is 38.9. The fourth-order valence-corrected chi connectivity index (χ4v) is 3.54. The second-order valence-corrected chi connectivity index (χ2v) is 8.24. The van der Waals surface area contributed by atoms with Gasteiger partial charge in [0.2, 0.25) is 0 Å². The molecular formula is C25H27F3N2O5. The van der Waals surface area contributed by atoms with Gasteiger partial charge < -0.3 is 19.7 Å². The van der Waals surface area contributed by atoms with E-state index in [9.17, 15) is 27.6 Å². The van der Waals surface area contributed by atoms with Crippen molar-refractivity contribution in [3.05, 3.63) is 59.2 Å². The normalized spacial score (nSPS) is 14.8. The highest BCUT2D eigenvalue weighted by Gasteiger charge is 2.32. The number of aryl methyl sites for hydroxylation is 1. The van der Waals surface area contributed by atoms with E-state index in [0.29, 0.717) is 37.6 Å². The Morgan fingerprint density at radius 2 is 1.71 bits per heavy atom. The maximum absolute atomic E-state index is 13.3. The zero-order valence-electron chi connectivity index (χ0n) is 19.5. The number of hydrogen-bond donors (Lipinski definition) is 1. The topological polar surface area (TPSA) is 84.9 Å². The number of hydrogen-bond acceptors (Lipinski definition) is 6. The largest absolute Gasteiger partial charge is 0.453 e. The lowest BCUT2D eigenvalue weighted by Crippen LogP contribution is -2.37. The van der Waals surface area contributed by atoms with Gasteiger partial charge in [-0.3, -0.25) is 14.4 Å². The first-order chi connectivity index (χ1) is 16.5. The van der Waals surface area contributed by atoms with Crippen molar-refractivity contribution in [2.75, 3.05) is 36.5 Å². The summed E-state index contributed by atoms with van der Waals surface area (Å²) in [5, 5.41) is 2.46. The Hall–Kier alpha value is -3.40. The number of ether oxygens (including phenoxy) is 2. The number of halogens is 3. The van der Waals surface area contributed by atoms with Gasteiger partial charge in [0, 0.05) is 25.1 Å². The number of nitrogens with one attached hydrogen (secondary N) is 1. The van der Waals surface area contributed by atoms with Crippen LogP contribution in [0.1, 0.15) is 41.3 Å². The first-order valence-electron chi connectivity index (χ1n) is 11.2. The average molecular weight is 492 g/mol. The van der Waals surface area contributed by atoms with E-state index in [1.807, 2.05) is 11.8 Å². The lowest BCUT2D eigenvalue weighted by molar-refractivity contribution is -0.153. The molecule has 1 atom stereocenters. The minimum Gasteiger partial charge on any atom is -0.453 e. The molecule has 1 N–H and O–H groups in total. The Bertz CT molecular complexity index is 1060. The molecule has 7 nitrogen and oxygen atoms in total. The summed E-state index contributed by atoms with van der Waals surface area (Å²) in [6.45, 7) is 4.92. The fraction of sp³-hybridized carbons (Fsp3) is 0.400. The fourth-order valence-electron chi connectivity index (χ4n) is 3.54. The number of Topliss-reactive ketones (excluding diaryl/α,β-unsaturated/α-hetero) is 1. The van der Waals surface area contributed by atoms with E-state index >= 15 is 0 Å². The van der Waals surface area contributed by atoms with Gasteiger partial charge in [-0.1, -0.05) is 29.8 Å². The lowest BCUT2D eigenvalue weighted by atomic mass is 10.1. The Morgan fingerprint density at radius 3 is 2.34 bits per heavy atom. The molecule has 2 aromatic rings. The molecule has 1 aliphatic heterocycles. The number of nitrogens with zero attached hydrogens (tertiary/aromatic N) is 1. The third-order valence-corrected chi connectivity index (χ3v) is 5.54. The zero-order chi connectivity index (χ0) is 25.6. The molecule has 0 aromatic heterocycles. The molecule has 0 spiro atoms. The number of esters is 1. The van der Waals surface area contributed by atoms with E-state index < -0.39 is 29.7 Å². The predicted octanol–water partition coefficient (Wildman–Crippen LogP) is 4.38. The van der Waals surface area contributed by atoms with Gasteiger partial charge >= 0.3 is 12.1 Å². The molecule has 0 aliphatic carbocycles. The highest BCUT2D eigenvalue weighted by Crippen LogP contribution is 2.36. The lowest BCUT2D eigenvalue weighted by Gasteiger charge is -2.31. The average Bonchev–Trinajstić information content (AvgIpc) is 2.83. The van der Waals surface area contributed by atoms with E-state index in [-0.39, 0.29) is 24.3 Å². The minimum atomic E-state index is -4.59. The van der Waals surface area contributed by atoms with Crippen molar-refractivity contribution in [1.29, 1.82) is 0 Å². The number of ketones is 1. The molecule has 2 aromatic carbocycles. The highest BCUT2D eigenvalue weighted by molar-refractivity contribution is 5.99. The number of alkyl halides is 3. The van der Waals surface area contributed by atoms with Crippen LogP contribution in [-0.2, 0) is 25.2 Å². The van der Waals surface area contributed by atoms with Crippen LogP contribution in [0.2, 0.25) is 0 Å². The van der Waals surface area contributed by atoms with Crippen LogP contribution in [-0.4, -0.2) is 50.1 Å². The van der Waals surface area contributed by atoms with Crippen molar-refractivity contribution in [1.82, 2.24) is 0 Å². The van der Waals surface area contributed by atoms with Crippen molar-refractivity contribution >= 4 is 29.0 Å². The number of carbonyl (C=O) groups is 3. The van der Waals surface area contributed by atoms with Crippen LogP contribution >= 0.6 is 0 Å². The van der Waals surface area contributed by atoms with Crippen LogP contribution in [0.4, 0.5) is 24.5 Å². The number of morpholine rings is 1. The third-order valence-electron chi connectivity index (χ3n) is 5.54. The van der Waals surface area contributed by atoms with Crippen LogP contribution in [0.3, 0.4) is 0 Å². The van der Waals surface area contributed by atoms with Gasteiger partial charge in [-0.15, -0.1) is 0 Å². The smallest absolute Gasteiger partial charge is 0.416 e. The van der Waals surface area contributed by atoms with E-state index in [2.05, 4.69) is 5.32 Å². The molecule has 1 saturated heterocycles. The van der Waals surface area contributed by atoms with E-state index in [1.54, 1.807) is 24.3 Å². The zero-order valence-corrected chi connectivity index (χ0v) is 19.5. The van der Waals surface area contributed by atoms with E-state index in [1.165, 1.54) is 13.0 Å². The Labute approximate surface area is 201 Å². The molecule has 188 valence electrons. The molecule has 1 fully saturated rings. The minimum absolute atomic E-state index is 0.0378. The number of rotatable bonds is 8. The monoisotopic (exact) mass is 492 g/mol. The second-order valence-electron chi connectivity index (χ2n) is 8.24. The summed E-state index contributed by atoms with van der Waals surface area (Å²) in [5.74, 6) is -1.78. The summed E-state index contributed by atoms with van der Waals surface area (Å²) in [7, 11) is 0. The number of amides is 1. The Morgan fingerprint density at radius 1 is 1.06 bits per heavy atom. The summed E-state index contributed by atoms with van der Waals surface area (Å²) >= 11 is 0. The highest BCUT2D eigenvalue weighted by atomic mass is 19.4. The van der Waals surface area contributed by atoms with Gasteiger partial charge in [0.05, 0.1) is 36.6 Å². The Kier molecular flexibility index (Phi) is 8.50. The predicted molar refractivity (Wildman–Crippen MR) is 123 cm³/mol. The van der Waals surface area contributed by atoms with Crippen molar-refractivity contribution < 1.29 is 37.0 Å². The summed E-state index contributed by atoms with van der Waals surface area (Å²) in [6.07, 6.45) is -6.19. The molecule has 1 heterocycles. The quantitative estimate of drug-likeness (QED) is 0.435. The van der Waals surface area contributed by atoms with Crippen molar-refractivity contribution in [2.45, 2.75) is 39.0 Å². The van der Waals surface area contributed by atoms with Gasteiger partial charge in [0.15, 0.2) is 11.9 Å². The van der Waals surface area contributed by atoms with Gasteiger partial charge in [0.25, 0.3) is 5.91 Å². The SMILES string of the molecule is Cc1ccc(C(=O)CCC(=O)OC(C)C(=O)Nc2cc(C(F)(F)F)ccc2N2CCOCC2)cc1. The number of anilines is 2. The molecular weight excluding hydrogens is 465 g/mol. The van der Waals surface area contributed by atoms with Crippen molar-refractivity contribution in [3.63, 3.8) is 0 Å². The molecule has 1 aliphatic rings. The molecule has 1 amide bonds. The first kappa shape index (κ1) is 26.2. The first-order valence-corrected chi connectivity index (χ1v) is 11.2. The number of carbonyl (C=O) groups excluding carboxylic acids is 3. The molecule has 0 saturated carbocycles. The van der Waals surface area contributed by atoms with Crippen LogP contribution in [0, 0.1) is 6.92 Å². The maximum atomic E-state index is 13.3. The summed E-state index contributed by atoms with van der Waals surface area (Å²) in [5.41, 5.74) is 0.929. The van der Waals surface area contributed by atoms with Crippen LogP contribution < -0.4 is 10.2 Å². The van der Waals surface area contributed by atoms with Gasteiger partial charge in [-0.2, -0.15) is 13.2 Å². The van der Waals surface area contributed by atoms with Gasteiger partial charge in [0.1, 0.15) is 0 Å². The van der Waals surface area contributed by atoms with Gasteiger partial charge in [-0.05, 0) is 32.0 Å². The molecule has 3 rings (SSSR count). The molecule has 35 heavy (non-hydrogen) atoms. The third kappa shape index (κ3) is 7.29.